The van der Waals surface area contributed by atoms with Crippen LogP contribution in [0.4, 0.5) is 4.79 Å². The van der Waals surface area contributed by atoms with Gasteiger partial charge in [-0.05, 0) is 12.8 Å². The largest absolute Gasteiger partial charge is 0.480 e. The molecule has 0 spiro atoms. The first-order valence-corrected chi connectivity index (χ1v) is 6.79. The molecular weight excluding hydrogens is 262 g/mol. The van der Waals surface area contributed by atoms with Gasteiger partial charge < -0.3 is 19.8 Å². The maximum absolute atomic E-state index is 12.3. The third kappa shape index (κ3) is 6.40. The molecule has 0 aromatic heterocycles. The van der Waals surface area contributed by atoms with Crippen LogP contribution in [-0.2, 0) is 9.59 Å². The topological polar surface area (TPSA) is 81.2 Å². The second-order valence-corrected chi connectivity index (χ2v) is 4.81. The van der Waals surface area contributed by atoms with Crippen LogP contribution in [0.2, 0.25) is 0 Å². The number of amides is 3. The third-order valence-electron chi connectivity index (χ3n) is 2.68. The van der Waals surface area contributed by atoms with E-state index in [0.29, 0.717) is 25.9 Å². The van der Waals surface area contributed by atoms with Gasteiger partial charge >= 0.3 is 12.0 Å². The maximum Gasteiger partial charge on any atom is 0.323 e. The lowest BCUT2D eigenvalue weighted by atomic mass is 10.3. The maximum atomic E-state index is 12.3. The van der Waals surface area contributed by atoms with Crippen molar-refractivity contribution in [2.75, 3.05) is 40.3 Å². The fraction of sp³-hybridized carbons (Fsp3) is 0.769. The molecule has 0 fully saturated rings. The van der Waals surface area contributed by atoms with Crippen LogP contribution in [0.1, 0.15) is 26.7 Å². The standard InChI is InChI=1S/C13H25N3O4/c1-5-7-15(9-11(17)14(3)4)13(20)16(8-6-2)10-12(18)19/h5-10H2,1-4H3,(H,18,19). The molecule has 0 aromatic rings. The second kappa shape index (κ2) is 9.17. The Morgan fingerprint density at radius 2 is 1.35 bits per heavy atom. The molecule has 0 rings (SSSR count). The summed E-state index contributed by atoms with van der Waals surface area (Å²) in [6.07, 6.45) is 1.38. The summed E-state index contributed by atoms with van der Waals surface area (Å²) in [6.45, 7) is 4.20. The zero-order chi connectivity index (χ0) is 15.7. The van der Waals surface area contributed by atoms with E-state index in [4.69, 9.17) is 5.11 Å². The van der Waals surface area contributed by atoms with Gasteiger partial charge in [-0.2, -0.15) is 0 Å². The SMILES string of the molecule is CCCN(CC(=O)O)C(=O)N(CCC)CC(=O)N(C)C. The Bertz CT molecular complexity index is 345. The van der Waals surface area contributed by atoms with Crippen molar-refractivity contribution < 1.29 is 19.5 Å². The van der Waals surface area contributed by atoms with Crippen LogP contribution in [0, 0.1) is 0 Å². The van der Waals surface area contributed by atoms with Crippen molar-refractivity contribution in [1.82, 2.24) is 14.7 Å². The van der Waals surface area contributed by atoms with E-state index < -0.39 is 12.0 Å². The number of hydrogen-bond acceptors (Lipinski definition) is 3. The highest BCUT2D eigenvalue weighted by Gasteiger charge is 2.24. The van der Waals surface area contributed by atoms with E-state index in [1.165, 1.54) is 14.7 Å². The van der Waals surface area contributed by atoms with Crippen LogP contribution in [0.15, 0.2) is 0 Å². The number of carbonyl (C=O) groups is 3. The molecule has 1 N–H and O–H groups in total. The molecular formula is C13H25N3O4. The molecule has 0 atom stereocenters. The minimum atomic E-state index is -1.05. The normalized spacial score (nSPS) is 10.0. The molecule has 0 heterocycles. The van der Waals surface area contributed by atoms with E-state index in [1.54, 1.807) is 14.1 Å². The summed E-state index contributed by atoms with van der Waals surface area (Å²) in [5.41, 5.74) is 0. The van der Waals surface area contributed by atoms with Crippen molar-refractivity contribution in [1.29, 1.82) is 0 Å². The van der Waals surface area contributed by atoms with Crippen LogP contribution in [0.5, 0.6) is 0 Å². The van der Waals surface area contributed by atoms with E-state index in [9.17, 15) is 14.4 Å². The smallest absolute Gasteiger partial charge is 0.323 e. The lowest BCUT2D eigenvalue weighted by Gasteiger charge is -2.29. The molecule has 116 valence electrons. The lowest BCUT2D eigenvalue weighted by molar-refractivity contribution is -0.137. The predicted octanol–water partition coefficient (Wildman–Crippen LogP) is 0.703. The van der Waals surface area contributed by atoms with Crippen LogP contribution in [-0.4, -0.2) is 78.0 Å². The Balaban J connectivity index is 4.88. The predicted molar refractivity (Wildman–Crippen MR) is 75.5 cm³/mol. The van der Waals surface area contributed by atoms with Crippen molar-refractivity contribution in [2.45, 2.75) is 26.7 Å². The minimum Gasteiger partial charge on any atom is -0.480 e. The van der Waals surface area contributed by atoms with E-state index in [1.807, 2.05) is 13.8 Å². The number of carbonyl (C=O) groups excluding carboxylic acids is 2. The second-order valence-electron chi connectivity index (χ2n) is 4.81. The van der Waals surface area contributed by atoms with Crippen molar-refractivity contribution in [3.63, 3.8) is 0 Å². The average molecular weight is 287 g/mol. The highest BCUT2D eigenvalue weighted by atomic mass is 16.4. The van der Waals surface area contributed by atoms with Gasteiger partial charge in [-0.25, -0.2) is 4.79 Å². The first kappa shape index (κ1) is 18.2. The number of rotatable bonds is 8. The Morgan fingerprint density at radius 1 is 0.900 bits per heavy atom. The van der Waals surface area contributed by atoms with Gasteiger partial charge in [-0.15, -0.1) is 0 Å². The van der Waals surface area contributed by atoms with Gasteiger partial charge in [0.15, 0.2) is 0 Å². The lowest BCUT2D eigenvalue weighted by Crippen LogP contribution is -2.49. The summed E-state index contributed by atoms with van der Waals surface area (Å²) in [5.74, 6) is -1.24. The quantitative estimate of drug-likeness (QED) is 0.712. The molecule has 0 bridgehead atoms. The number of carboxylic acids is 1. The molecule has 0 aliphatic rings. The van der Waals surface area contributed by atoms with Crippen LogP contribution in [0.3, 0.4) is 0 Å². The number of likely N-dealkylation sites (N-methyl/N-ethyl adjacent to an activating group) is 1. The first-order valence-electron chi connectivity index (χ1n) is 6.79. The summed E-state index contributed by atoms with van der Waals surface area (Å²) < 4.78 is 0. The van der Waals surface area contributed by atoms with Crippen molar-refractivity contribution in [3.05, 3.63) is 0 Å². The van der Waals surface area contributed by atoms with Gasteiger partial charge in [0, 0.05) is 27.2 Å². The minimum absolute atomic E-state index is 0.0283. The van der Waals surface area contributed by atoms with Gasteiger partial charge in [0.05, 0.1) is 0 Å². The fourth-order valence-corrected chi connectivity index (χ4v) is 1.69. The number of hydrogen-bond donors (Lipinski definition) is 1. The molecule has 0 radical (unpaired) electrons. The number of nitrogens with zero attached hydrogens (tertiary/aromatic N) is 3. The van der Waals surface area contributed by atoms with E-state index in [-0.39, 0.29) is 19.0 Å². The van der Waals surface area contributed by atoms with Crippen LogP contribution < -0.4 is 0 Å². The Kier molecular flexibility index (Phi) is 8.35. The summed E-state index contributed by atoms with van der Waals surface area (Å²) in [6, 6.07) is -0.397. The summed E-state index contributed by atoms with van der Waals surface area (Å²) in [7, 11) is 3.25. The van der Waals surface area contributed by atoms with Crippen LogP contribution >= 0.6 is 0 Å². The Morgan fingerprint density at radius 3 is 1.70 bits per heavy atom. The molecule has 0 aromatic carbocycles. The van der Waals surface area contributed by atoms with E-state index in [0.717, 1.165) is 0 Å². The van der Waals surface area contributed by atoms with Gasteiger partial charge in [0.2, 0.25) is 5.91 Å². The summed E-state index contributed by atoms with van der Waals surface area (Å²) >= 11 is 0. The third-order valence-corrected chi connectivity index (χ3v) is 2.68. The number of carboxylic acid groups (broad SMARTS) is 1. The van der Waals surface area contributed by atoms with Gasteiger partial charge in [-0.1, -0.05) is 13.8 Å². The molecule has 0 saturated carbocycles. The molecule has 20 heavy (non-hydrogen) atoms. The molecule has 0 saturated heterocycles. The van der Waals surface area contributed by atoms with Gasteiger partial charge in [0.1, 0.15) is 13.1 Å². The molecule has 3 amide bonds. The van der Waals surface area contributed by atoms with Crippen LogP contribution in [0.25, 0.3) is 0 Å². The van der Waals surface area contributed by atoms with Gasteiger partial charge in [-0.3, -0.25) is 9.59 Å². The summed E-state index contributed by atoms with van der Waals surface area (Å²) in [5, 5.41) is 8.85. The number of aliphatic carboxylic acids is 1. The molecule has 0 aliphatic carbocycles. The van der Waals surface area contributed by atoms with Crippen molar-refractivity contribution in [3.8, 4) is 0 Å². The Labute approximate surface area is 120 Å². The fourth-order valence-electron chi connectivity index (χ4n) is 1.69. The first-order chi connectivity index (χ1) is 9.33. The average Bonchev–Trinajstić information content (AvgIpc) is 2.36. The zero-order valence-corrected chi connectivity index (χ0v) is 12.8. The molecule has 7 nitrogen and oxygen atoms in total. The van der Waals surface area contributed by atoms with Crippen molar-refractivity contribution >= 4 is 17.9 Å². The highest BCUT2D eigenvalue weighted by Crippen LogP contribution is 2.03. The molecule has 0 unspecified atom stereocenters. The Hall–Kier alpha value is -1.79. The van der Waals surface area contributed by atoms with E-state index in [2.05, 4.69) is 0 Å². The zero-order valence-electron chi connectivity index (χ0n) is 12.8. The summed E-state index contributed by atoms with van der Waals surface area (Å²) in [4.78, 5) is 39.0. The number of urea groups is 1. The van der Waals surface area contributed by atoms with E-state index >= 15 is 0 Å². The monoisotopic (exact) mass is 287 g/mol. The molecule has 0 aliphatic heterocycles. The highest BCUT2D eigenvalue weighted by molar-refractivity contribution is 5.85. The van der Waals surface area contributed by atoms with Crippen molar-refractivity contribution in [2.24, 2.45) is 0 Å². The van der Waals surface area contributed by atoms with Gasteiger partial charge in [0.25, 0.3) is 0 Å². The molecule has 7 heteroatoms.